The van der Waals surface area contributed by atoms with Crippen molar-refractivity contribution in [3.63, 3.8) is 0 Å². The lowest BCUT2D eigenvalue weighted by Gasteiger charge is -2.49. The van der Waals surface area contributed by atoms with Gasteiger partial charge in [-0.3, -0.25) is 0 Å². The molecule has 0 bridgehead atoms. The molecule has 4 aliphatic heterocycles. The van der Waals surface area contributed by atoms with E-state index >= 15 is 0 Å². The third-order valence-corrected chi connectivity index (χ3v) is 8.68. The van der Waals surface area contributed by atoms with Crippen LogP contribution in [0, 0.1) is 0 Å². The molecule has 48 heavy (non-hydrogen) atoms. The Morgan fingerprint density at radius 3 is 1.08 bits per heavy atom. The highest BCUT2D eigenvalue weighted by Crippen LogP contribution is 2.35. The van der Waals surface area contributed by atoms with Crippen molar-refractivity contribution in [2.24, 2.45) is 0 Å². The lowest BCUT2D eigenvalue weighted by molar-refractivity contribution is -0.406. The summed E-state index contributed by atoms with van der Waals surface area (Å²) in [5.41, 5.74) is 0. The van der Waals surface area contributed by atoms with Crippen LogP contribution in [0.4, 0.5) is 0 Å². The summed E-state index contributed by atoms with van der Waals surface area (Å²) in [5.74, 6) is 0. The summed E-state index contributed by atoms with van der Waals surface area (Å²) >= 11 is 0. The first kappa shape index (κ1) is 39.9. The van der Waals surface area contributed by atoms with E-state index in [1.165, 1.54) is 0 Å². The quantitative estimate of drug-likeness (QED) is 0.0844. The van der Waals surface area contributed by atoms with Crippen molar-refractivity contribution >= 4 is 0 Å². The van der Waals surface area contributed by atoms with Crippen LogP contribution >= 0.6 is 0 Å². The maximum atomic E-state index is 11.1. The molecule has 21 heteroatoms. The number of ether oxygens (including phenoxy) is 8. The minimum atomic E-state index is -1.99. The van der Waals surface area contributed by atoms with Gasteiger partial charge in [-0.2, -0.15) is 0 Å². The summed E-state index contributed by atoms with van der Waals surface area (Å²) in [6, 6.07) is 0. The van der Waals surface area contributed by atoms with Crippen LogP contribution in [0.15, 0.2) is 0 Å². The van der Waals surface area contributed by atoms with Gasteiger partial charge in [-0.05, 0) is 6.42 Å². The van der Waals surface area contributed by atoms with Gasteiger partial charge in [0.05, 0.1) is 26.4 Å². The smallest absolute Gasteiger partial charge is 0.187 e. The Hall–Kier alpha value is -0.840. The Kier molecular flexibility index (Phi) is 14.6. The zero-order valence-corrected chi connectivity index (χ0v) is 25.9. The first-order chi connectivity index (χ1) is 22.8. The summed E-state index contributed by atoms with van der Waals surface area (Å²) < 4.78 is 45.2. The van der Waals surface area contributed by atoms with Crippen molar-refractivity contribution in [3.05, 3.63) is 0 Å². The van der Waals surface area contributed by atoms with Gasteiger partial charge in [-0.25, -0.2) is 0 Å². The fraction of sp³-hybridized carbons (Fsp3) is 1.00. The highest BCUT2D eigenvalue weighted by atomic mass is 16.8. The summed E-state index contributed by atoms with van der Waals surface area (Å²) in [6.45, 7) is -1.41. The van der Waals surface area contributed by atoms with Crippen molar-refractivity contribution in [3.8, 4) is 0 Å². The highest BCUT2D eigenvalue weighted by Gasteiger charge is 2.56. The molecule has 0 unspecified atom stereocenters. The molecule has 0 aromatic rings. The molecule has 13 N–H and O–H groups in total. The van der Waals surface area contributed by atoms with Crippen LogP contribution in [-0.4, -0.2) is 222 Å². The van der Waals surface area contributed by atoms with Gasteiger partial charge in [-0.15, -0.1) is 0 Å². The van der Waals surface area contributed by atoms with Crippen molar-refractivity contribution in [2.75, 3.05) is 33.0 Å². The van der Waals surface area contributed by atoms with E-state index in [4.69, 9.17) is 37.9 Å². The van der Waals surface area contributed by atoms with Crippen LogP contribution < -0.4 is 0 Å². The van der Waals surface area contributed by atoms with Crippen LogP contribution in [0.25, 0.3) is 0 Å². The normalized spacial score (nSPS) is 50.4. The maximum absolute atomic E-state index is 11.1. The fourth-order valence-electron chi connectivity index (χ4n) is 5.84. The molecular formula is C27H48O21. The topological polar surface area (TPSA) is 337 Å². The van der Waals surface area contributed by atoms with Crippen LogP contribution in [0.2, 0.25) is 0 Å². The third-order valence-electron chi connectivity index (χ3n) is 8.68. The van der Waals surface area contributed by atoms with Gasteiger partial charge >= 0.3 is 0 Å². The molecule has 20 atom stereocenters. The summed E-state index contributed by atoms with van der Waals surface area (Å²) in [5, 5.41) is 134. The van der Waals surface area contributed by atoms with Crippen molar-refractivity contribution in [2.45, 2.75) is 136 Å². The molecule has 0 aliphatic carbocycles. The van der Waals surface area contributed by atoms with Gasteiger partial charge < -0.3 is 104 Å². The average molecular weight is 709 g/mol. The van der Waals surface area contributed by atoms with Crippen molar-refractivity contribution in [1.29, 1.82) is 0 Å². The van der Waals surface area contributed by atoms with Crippen LogP contribution in [0.3, 0.4) is 0 Å². The number of aliphatic hydroxyl groups excluding tert-OH is 13. The van der Waals surface area contributed by atoms with Crippen LogP contribution in [0.5, 0.6) is 0 Å². The van der Waals surface area contributed by atoms with E-state index in [1.54, 1.807) is 6.92 Å². The Balaban J connectivity index is 1.64. The molecule has 4 aliphatic rings. The molecule has 282 valence electrons. The zero-order valence-electron chi connectivity index (χ0n) is 25.9. The first-order valence-corrected chi connectivity index (χ1v) is 15.6. The predicted molar refractivity (Wildman–Crippen MR) is 148 cm³/mol. The van der Waals surface area contributed by atoms with E-state index in [-0.39, 0.29) is 6.61 Å². The molecule has 0 spiro atoms. The fourth-order valence-corrected chi connectivity index (χ4v) is 5.84. The molecule has 0 radical (unpaired) electrons. The minimum absolute atomic E-state index is 0.0766. The zero-order chi connectivity index (χ0) is 35.4. The molecule has 4 fully saturated rings. The van der Waals surface area contributed by atoms with E-state index in [0.29, 0.717) is 6.42 Å². The Labute approximate surface area is 273 Å². The van der Waals surface area contributed by atoms with E-state index in [9.17, 15) is 66.4 Å². The van der Waals surface area contributed by atoms with E-state index in [0.717, 1.165) is 0 Å². The lowest BCUT2D eigenvalue weighted by atomic mass is 9.96. The van der Waals surface area contributed by atoms with Gasteiger partial charge in [0, 0.05) is 6.61 Å². The first-order valence-electron chi connectivity index (χ1n) is 15.6. The van der Waals surface area contributed by atoms with E-state index in [2.05, 4.69) is 0 Å². The number of aliphatic hydroxyl groups is 13. The lowest BCUT2D eigenvalue weighted by Crippen LogP contribution is -2.68. The van der Waals surface area contributed by atoms with Gasteiger partial charge in [0.15, 0.2) is 25.2 Å². The SMILES string of the molecule is CCCO[C@@H]1O[C@H](CO)[C@@H](O)[C@H](O)[C@@H]1O[C@@H]1O[C@H](CO)[C@@H](O)[C@H](O)[C@@H]1O[C@@H]1O[C@H](CO)[C@@H](O)[C@H](O)[C@@H]1O[C@@H]1O[C@H](CO)[C@@H](O)[C@H](O)[C@@H]1O. The number of hydrogen-bond donors (Lipinski definition) is 13. The summed E-state index contributed by atoms with van der Waals surface area (Å²) in [4.78, 5) is 0. The summed E-state index contributed by atoms with van der Waals surface area (Å²) in [7, 11) is 0. The van der Waals surface area contributed by atoms with Gasteiger partial charge in [-0.1, -0.05) is 6.92 Å². The monoisotopic (exact) mass is 708 g/mol. The second-order valence-corrected chi connectivity index (χ2v) is 12.0. The molecule has 0 saturated carbocycles. The second-order valence-electron chi connectivity index (χ2n) is 12.0. The number of hydrogen-bond acceptors (Lipinski definition) is 21. The largest absolute Gasteiger partial charge is 0.394 e. The predicted octanol–water partition coefficient (Wildman–Crippen LogP) is -8.31. The van der Waals surface area contributed by atoms with Gasteiger partial charge in [0.1, 0.15) is 97.7 Å². The molecule has 4 heterocycles. The molecular weight excluding hydrogens is 660 g/mol. The maximum Gasteiger partial charge on any atom is 0.187 e. The Morgan fingerprint density at radius 2 is 0.708 bits per heavy atom. The summed E-state index contributed by atoms with van der Waals surface area (Å²) in [6.07, 6.45) is -34.5. The molecule has 4 saturated heterocycles. The van der Waals surface area contributed by atoms with E-state index in [1.807, 2.05) is 0 Å². The van der Waals surface area contributed by atoms with Crippen LogP contribution in [-0.2, 0) is 37.9 Å². The van der Waals surface area contributed by atoms with Gasteiger partial charge in [0.25, 0.3) is 0 Å². The minimum Gasteiger partial charge on any atom is -0.394 e. The Morgan fingerprint density at radius 1 is 0.396 bits per heavy atom. The van der Waals surface area contributed by atoms with Crippen LogP contribution in [0.1, 0.15) is 13.3 Å². The molecule has 0 aromatic heterocycles. The molecule has 21 nitrogen and oxygen atoms in total. The van der Waals surface area contributed by atoms with Crippen molar-refractivity contribution < 1.29 is 104 Å². The standard InChI is InChI=1S/C27H48O21/c1-2-3-41-25-21(17(37)13(33)9(5-29)43-25)47-27-23(19(39)15(35)11(7-31)45-27)48-26-22(18(38)14(34)10(6-30)44-26)46-24-20(40)16(36)12(32)8(4-28)42-24/h8-40H,2-7H2,1H3/t8-,9-,10-,11-,12-,13-,14-,15-,16+,17+,18+,19+,20+,21+,22+,23+,24+,25-,26+,27+/m1/s1. The molecule has 4 rings (SSSR count). The average Bonchev–Trinajstić information content (AvgIpc) is 3.08. The highest BCUT2D eigenvalue weighted by molar-refractivity contribution is 4.97. The Bertz CT molecular complexity index is 964. The second kappa shape index (κ2) is 17.6. The third kappa shape index (κ3) is 8.28. The van der Waals surface area contributed by atoms with Gasteiger partial charge in [0.2, 0.25) is 0 Å². The number of rotatable bonds is 13. The molecule has 0 amide bonds. The molecule has 0 aromatic carbocycles. The van der Waals surface area contributed by atoms with Crippen molar-refractivity contribution in [1.82, 2.24) is 0 Å². The van der Waals surface area contributed by atoms with E-state index < -0.39 is 149 Å².